The van der Waals surface area contributed by atoms with Gasteiger partial charge in [0.15, 0.2) is 17.9 Å². The Bertz CT molecular complexity index is 6390. The molecule has 13 aliphatic carbocycles. The van der Waals surface area contributed by atoms with Crippen LogP contribution in [0.4, 0.5) is 0 Å². The number of phenolic OH excluding ortho intramolecular Hbond substituents is 4. The summed E-state index contributed by atoms with van der Waals surface area (Å²) < 4.78 is 20.3. The van der Waals surface area contributed by atoms with Crippen LogP contribution in [0.3, 0.4) is 0 Å². The van der Waals surface area contributed by atoms with E-state index >= 15 is 0 Å². The largest absolute Gasteiger partial charge is 0.507 e. The summed E-state index contributed by atoms with van der Waals surface area (Å²) in [6.45, 7) is 48.3. The van der Waals surface area contributed by atoms with E-state index in [4.69, 9.17) is 14.2 Å². The molecule has 21 heteroatoms. The maximum Gasteiger partial charge on any atom is 0.237 e. The summed E-state index contributed by atoms with van der Waals surface area (Å²) in [5, 5.41) is 74.2. The van der Waals surface area contributed by atoms with Gasteiger partial charge >= 0.3 is 0 Å². The Balaban J connectivity index is 0.000000113. The third kappa shape index (κ3) is 16.9. The summed E-state index contributed by atoms with van der Waals surface area (Å²) in [5.41, 5.74) is 7.28. The average Bonchev–Trinajstić information content (AvgIpc) is 1.55. The van der Waals surface area contributed by atoms with Crippen molar-refractivity contribution in [3.05, 3.63) is 213 Å². The standard InChI is InChI=1S/C30H37NO4.C28H33NO4.C28H31NO4.C21H28O3.C20H28O3/c1-5-19-12-17(3)25-24-23(19)26(32)21-15-30(34,31-28(21)33)14-18-7-9-20(10-8-18)35-27(24)22-11-6-16(2)13-29(22,25)4;1-3-17-7-11-19-21-12-15(2)4-10-20(21)26-24(19)23(17)25(30)22-14-28(32,29-27(22)31)13-16-5-8-18(33-26)9-6-16;1-3-16-7-11-18-20-12-14(2)4-10-19(20)26-23(18)22(16)25(30)24-21(27(31)29-28(24)32)13-15-5-8-17(33-26)9-6-15;1-11(2)14-12(3)17(23)16-15(18(14)24)13(10-22)19-20(4,5)8-7-9-21(16,19)6;1-10(2)12-11(3)15(21)14-13(16(12)22)17(23)18-19(4,5)8-7-9-20(14,18)6/h5,7-10,12,16,19,21-25,27,34H,1,6,11,13-15H2,2-4H3,(H,31,33);3,5-9,11,15,17,19-24,26,32H,1,4,10,12-14H2,2H3,(H,29,31);3,5-9,11,14,16,18-24,26H,1,4,10,12-13H2,2H3,(H,29,31,32);10-11,23-24H,7-9H2,1-6H3;10,18,21-22H,7-9H2,1-6H3/t16-,19-,21?,22+,23+,24-,25+,27-,29-,30-;15-,17+,19+,20-,21+,22?,23+,24+,26+,28-;14-,16+,18+,19-,20+,21+,22+,23+,24-,26+;21-;18-,20-/m11111/s1. The Kier molecular flexibility index (Phi) is 27.0. The first-order valence-corrected chi connectivity index (χ1v) is 55.7. The van der Waals surface area contributed by atoms with Gasteiger partial charge in [0.25, 0.3) is 0 Å². The Hall–Kier alpha value is -10.8. The molecule has 27 rings (SSSR count). The van der Waals surface area contributed by atoms with Gasteiger partial charge in [-0.1, -0.05) is 220 Å². The molecule has 3 saturated heterocycles. The molecule has 9 heterocycles. The van der Waals surface area contributed by atoms with Crippen LogP contribution < -0.4 is 30.2 Å². The van der Waals surface area contributed by atoms with Crippen LogP contribution in [0.15, 0.2) is 152 Å². The van der Waals surface area contributed by atoms with E-state index in [9.17, 15) is 73.8 Å². The lowest BCUT2D eigenvalue weighted by molar-refractivity contribution is -0.140. The van der Waals surface area contributed by atoms with E-state index in [1.165, 1.54) is 24.8 Å². The van der Waals surface area contributed by atoms with Crippen LogP contribution in [-0.4, -0.2) is 113 Å². The molecular formula is C127H157N3O18. The zero-order chi connectivity index (χ0) is 106. The number of ether oxygens (including phenoxy) is 3. The number of benzene rings is 5. The molecule has 8 saturated carbocycles. The lowest BCUT2D eigenvalue weighted by Crippen LogP contribution is -2.46. The number of imide groups is 1. The number of aromatic hydroxyl groups is 4. The number of hydrogen-bond donors (Lipinski definition) is 9. The molecule has 21 nitrogen and oxygen atoms in total. The van der Waals surface area contributed by atoms with Crippen molar-refractivity contribution in [3.63, 3.8) is 0 Å². The fraction of sp³-hybridized carbons (Fsp3) is 0.583. The van der Waals surface area contributed by atoms with Crippen molar-refractivity contribution in [1.29, 1.82) is 0 Å². The van der Waals surface area contributed by atoms with Crippen LogP contribution >= 0.6 is 0 Å². The average molecular weight is 2010 g/mol. The number of aldehydes is 1. The molecule has 22 aliphatic rings. The third-order valence-electron chi connectivity index (χ3n) is 41.0. The quantitative estimate of drug-likeness (QED) is 0.0251. The van der Waals surface area contributed by atoms with Gasteiger partial charge in [-0.05, 0) is 248 Å². The number of ketones is 4. The molecule has 148 heavy (non-hydrogen) atoms. The molecule has 33 atom stereocenters. The number of aliphatic hydroxyl groups is 2. The number of Topliss-reactive ketones (excluding diaryl/α,β-unsaturated/α-hetero) is 4. The number of carbonyl (C=O) groups is 9. The van der Waals surface area contributed by atoms with Crippen LogP contribution in [0.5, 0.6) is 40.2 Å². The van der Waals surface area contributed by atoms with E-state index in [2.05, 4.69) is 142 Å². The highest BCUT2D eigenvalue weighted by Crippen LogP contribution is 2.70. The topological polar surface area (TPSA) is 339 Å². The SMILES string of the molecule is C=C[C@@H]1C=C(C)[C@H]2[C@@H]3[C@H](Oc4ccc(cc4)C[C@@]4(O)CC(C(=O)N4)C(=O)[C@@H]13)[C@@H]1CC[C@@H](C)C[C@]12C.C=C[C@H]1C=C[C@H]2[C@@H]3C[C@H](C)CC[C@H]3[C@@H]3Oc4ccc(cc4)C[C@@H]4C(=O)NC(=O)[C@H]4C(=O)[C@@H]1[C@H]23.C=C[C@H]1C=C[C@H]2[C@@H]3C[C@H](C)CC[C@H]3[C@@H]3Oc4ccc(cc4)C[C@@]4(O)CC(C(=O)N4)C(=O)[C@@H]1[C@H]23.Cc1c(O)c2c(c(O)c1C(C)C)C(=O)[C@@H]1C(C)(C)CCC[C@]21C.Cc1c(O)c2c(c(O)c1C(C)C)C(C=O)=C1C(C)(C)CCC[C@@]12C. The maximum atomic E-state index is 14.3. The molecule has 2 unspecified atom stereocenters. The normalized spacial score (nSPS) is 39.3. The second-order valence-electron chi connectivity index (χ2n) is 51.8. The number of amides is 4. The van der Waals surface area contributed by atoms with Gasteiger partial charge in [0.1, 0.15) is 99.3 Å². The van der Waals surface area contributed by atoms with Crippen molar-refractivity contribution in [2.45, 2.75) is 299 Å². The number of carbonyl (C=O) groups excluding carboxylic acids is 9. The molecule has 0 aromatic heterocycles. The minimum atomic E-state index is -1.41. The number of nitrogens with one attached hydrogen (secondary N) is 3. The maximum absolute atomic E-state index is 14.3. The number of allylic oxidation sites excluding steroid dienone is 11. The van der Waals surface area contributed by atoms with E-state index in [0.717, 1.165) is 140 Å². The van der Waals surface area contributed by atoms with Crippen molar-refractivity contribution in [1.82, 2.24) is 16.0 Å². The van der Waals surface area contributed by atoms with Gasteiger partial charge < -0.3 is 55.5 Å². The molecule has 788 valence electrons. The molecule has 10 bridgehead atoms. The summed E-state index contributed by atoms with van der Waals surface area (Å²) in [5.74, 6) is 1.33. The van der Waals surface area contributed by atoms with E-state index in [-0.39, 0.29) is 218 Å². The summed E-state index contributed by atoms with van der Waals surface area (Å²) >= 11 is 0. The molecular weight excluding hydrogens is 1860 g/mol. The number of phenols is 4. The van der Waals surface area contributed by atoms with Crippen molar-refractivity contribution in [3.8, 4) is 40.2 Å². The van der Waals surface area contributed by atoms with E-state index in [0.29, 0.717) is 87.2 Å². The molecule has 0 spiro atoms. The van der Waals surface area contributed by atoms with Crippen LogP contribution in [0, 0.1) is 178 Å². The smallest absolute Gasteiger partial charge is 0.237 e. The fourth-order valence-corrected chi connectivity index (χ4v) is 35.3. The third-order valence-corrected chi connectivity index (χ3v) is 41.0. The molecule has 5 aromatic rings. The van der Waals surface area contributed by atoms with Gasteiger partial charge in [0, 0.05) is 135 Å². The number of fused-ring (bicyclic) bond motifs is 18. The van der Waals surface area contributed by atoms with Crippen LogP contribution in [-0.2, 0) is 68.4 Å². The van der Waals surface area contributed by atoms with Crippen molar-refractivity contribution in [2.75, 3.05) is 0 Å². The van der Waals surface area contributed by atoms with Gasteiger partial charge in [-0.15, -0.1) is 19.7 Å². The fourth-order valence-electron chi connectivity index (χ4n) is 35.3. The van der Waals surface area contributed by atoms with Gasteiger partial charge in [-0.2, -0.15) is 0 Å². The van der Waals surface area contributed by atoms with Gasteiger partial charge in [0.05, 0.1) is 11.5 Å². The highest BCUT2D eigenvalue weighted by atomic mass is 16.5. The Morgan fingerprint density at radius 3 is 1.43 bits per heavy atom. The predicted molar refractivity (Wildman–Crippen MR) is 568 cm³/mol. The monoisotopic (exact) mass is 2010 g/mol. The van der Waals surface area contributed by atoms with Crippen molar-refractivity contribution < 1.29 is 88.0 Å². The zero-order valence-corrected chi connectivity index (χ0v) is 89.8. The first kappa shape index (κ1) is 104. The second-order valence-corrected chi connectivity index (χ2v) is 51.8. The van der Waals surface area contributed by atoms with Crippen LogP contribution in [0.25, 0.3) is 5.57 Å². The Labute approximate surface area is 873 Å². The predicted octanol–water partition coefficient (Wildman–Crippen LogP) is 21.6. The van der Waals surface area contributed by atoms with E-state index in [1.807, 2.05) is 133 Å². The zero-order valence-electron chi connectivity index (χ0n) is 89.8. The van der Waals surface area contributed by atoms with E-state index < -0.39 is 46.9 Å². The lowest BCUT2D eigenvalue weighted by Gasteiger charge is -2.46. The molecule has 9 N–H and O–H groups in total. The minimum Gasteiger partial charge on any atom is -0.507 e. The summed E-state index contributed by atoms with van der Waals surface area (Å²) in [4.78, 5) is 120. The minimum absolute atomic E-state index is 0.00715. The highest BCUT2D eigenvalue weighted by molar-refractivity contribution is 6.17. The number of rotatable bonds is 6. The van der Waals surface area contributed by atoms with Crippen molar-refractivity contribution >= 4 is 58.6 Å². The first-order valence-electron chi connectivity index (χ1n) is 55.7. The molecule has 5 aromatic carbocycles. The molecule has 0 radical (unpaired) electrons. The van der Waals surface area contributed by atoms with Gasteiger partial charge in [-0.25, -0.2) is 0 Å². The summed E-state index contributed by atoms with van der Waals surface area (Å²) in [7, 11) is 0. The summed E-state index contributed by atoms with van der Waals surface area (Å²) in [6.07, 6.45) is 34.5. The second kappa shape index (κ2) is 38.2. The Morgan fingerprint density at radius 1 is 0.473 bits per heavy atom. The lowest BCUT2D eigenvalue weighted by atomic mass is 9.56. The summed E-state index contributed by atoms with van der Waals surface area (Å²) in [6, 6.07) is 23.7. The first-order chi connectivity index (χ1) is 70.1. The van der Waals surface area contributed by atoms with Crippen molar-refractivity contribution in [2.24, 2.45) is 164 Å². The van der Waals surface area contributed by atoms with E-state index in [1.54, 1.807) is 0 Å². The molecule has 11 fully saturated rings. The Morgan fingerprint density at radius 2 is 0.932 bits per heavy atom. The van der Waals surface area contributed by atoms with Crippen LogP contribution in [0.2, 0.25) is 0 Å². The molecule has 9 aliphatic heterocycles. The van der Waals surface area contributed by atoms with Crippen LogP contribution in [0.1, 0.15) is 291 Å². The van der Waals surface area contributed by atoms with Gasteiger partial charge in [-0.3, -0.25) is 48.5 Å². The number of hydrogen-bond acceptors (Lipinski definition) is 18. The van der Waals surface area contributed by atoms with Gasteiger partial charge in [0.2, 0.25) is 23.6 Å². The molecule has 4 amide bonds. The highest BCUT2D eigenvalue weighted by Gasteiger charge is 2.69.